The largest absolute Gasteiger partial charge is 0.494 e. The molecule has 0 spiro atoms. The molecule has 0 radical (unpaired) electrons. The van der Waals surface area contributed by atoms with Crippen molar-refractivity contribution in [1.82, 2.24) is 4.90 Å². The molecule has 1 saturated heterocycles. The molecule has 2 aromatic carbocycles. The number of ether oxygens (including phenoxy) is 1. The maximum Gasteiger partial charge on any atom is 0.266 e. The van der Waals surface area contributed by atoms with Gasteiger partial charge in [0.25, 0.3) is 5.91 Å². The molecule has 6 heteroatoms. The number of carbonyl (C=O) groups is 1. The molecule has 0 N–H and O–H groups in total. The number of amidine groups is 1. The van der Waals surface area contributed by atoms with Gasteiger partial charge in [-0.3, -0.25) is 9.69 Å². The Hall–Kier alpha value is -2.18. The monoisotopic (exact) mass is 454 g/mol. The Morgan fingerprint density at radius 3 is 2.45 bits per heavy atom. The first-order chi connectivity index (χ1) is 15.0. The number of amides is 1. The summed E-state index contributed by atoms with van der Waals surface area (Å²) in [6, 6.07) is 16.1. The Balaban J connectivity index is 1.85. The van der Waals surface area contributed by atoms with E-state index in [1.807, 2.05) is 54.3 Å². The molecule has 1 aliphatic heterocycles. The summed E-state index contributed by atoms with van der Waals surface area (Å²) in [6.07, 6.45) is 4.97. The van der Waals surface area contributed by atoms with Gasteiger partial charge in [0.05, 0.1) is 17.2 Å². The molecule has 2 aromatic rings. The van der Waals surface area contributed by atoms with E-state index in [1.54, 1.807) is 11.8 Å². The molecular weight excluding hydrogens is 424 g/mol. The molecule has 4 nitrogen and oxygen atoms in total. The van der Waals surface area contributed by atoms with Crippen molar-refractivity contribution >= 4 is 46.4 Å². The lowest BCUT2D eigenvalue weighted by Gasteiger charge is -2.15. The summed E-state index contributed by atoms with van der Waals surface area (Å²) >= 11 is 3.24. The third kappa shape index (κ3) is 6.40. The minimum Gasteiger partial charge on any atom is -0.494 e. The Morgan fingerprint density at radius 1 is 1.13 bits per heavy atom. The summed E-state index contributed by atoms with van der Waals surface area (Å²) in [6.45, 7) is 7.64. The number of hydrogen-bond acceptors (Lipinski definition) is 5. The zero-order chi connectivity index (χ0) is 22.2. The molecule has 0 aromatic heterocycles. The minimum absolute atomic E-state index is 0.0255. The van der Waals surface area contributed by atoms with E-state index in [9.17, 15) is 4.79 Å². The van der Waals surface area contributed by atoms with Gasteiger partial charge < -0.3 is 4.74 Å². The number of carbonyl (C=O) groups excluding carboxylic acids is 1. The third-order valence-electron chi connectivity index (χ3n) is 4.89. The van der Waals surface area contributed by atoms with Gasteiger partial charge in [0, 0.05) is 6.54 Å². The Morgan fingerprint density at radius 2 is 1.84 bits per heavy atom. The van der Waals surface area contributed by atoms with Crippen LogP contribution in [0.3, 0.4) is 0 Å². The molecule has 0 bridgehead atoms. The molecule has 1 heterocycles. The Kier molecular flexibility index (Phi) is 8.67. The number of thioether (sulfide) groups is 2. The number of nitrogens with zero attached hydrogens (tertiary/aromatic N) is 2. The van der Waals surface area contributed by atoms with Crippen molar-refractivity contribution in [3.05, 3.63) is 64.6 Å². The molecular formula is C25H30N2O2S2. The van der Waals surface area contributed by atoms with E-state index in [-0.39, 0.29) is 5.91 Å². The van der Waals surface area contributed by atoms with Crippen LogP contribution in [0, 0.1) is 0 Å². The molecule has 1 fully saturated rings. The zero-order valence-corrected chi connectivity index (χ0v) is 20.3. The fourth-order valence-corrected chi connectivity index (χ4v) is 4.62. The van der Waals surface area contributed by atoms with Crippen LogP contribution >= 0.6 is 23.5 Å². The van der Waals surface area contributed by atoms with Crippen molar-refractivity contribution in [3.8, 4) is 5.75 Å². The van der Waals surface area contributed by atoms with Gasteiger partial charge in [-0.25, -0.2) is 4.99 Å². The highest BCUT2D eigenvalue weighted by atomic mass is 32.2. The fraction of sp³-hybridized carbons (Fsp3) is 0.360. The lowest BCUT2D eigenvalue weighted by atomic mass is 10.0. The van der Waals surface area contributed by atoms with E-state index < -0.39 is 0 Å². The van der Waals surface area contributed by atoms with Crippen LogP contribution in [0.1, 0.15) is 44.2 Å². The maximum atomic E-state index is 13.1. The number of hydrogen-bond donors (Lipinski definition) is 0. The van der Waals surface area contributed by atoms with Gasteiger partial charge in [0.15, 0.2) is 5.17 Å². The van der Waals surface area contributed by atoms with Crippen LogP contribution in [-0.2, 0) is 4.79 Å². The molecule has 3 rings (SSSR count). The predicted molar refractivity (Wildman–Crippen MR) is 136 cm³/mol. The van der Waals surface area contributed by atoms with E-state index in [2.05, 4.69) is 32.2 Å². The smallest absolute Gasteiger partial charge is 0.266 e. The van der Waals surface area contributed by atoms with Gasteiger partial charge in [-0.15, -0.1) is 0 Å². The summed E-state index contributed by atoms with van der Waals surface area (Å²) in [5, 5.41) is 0.751. The van der Waals surface area contributed by atoms with E-state index in [0.29, 0.717) is 24.0 Å². The van der Waals surface area contributed by atoms with Crippen molar-refractivity contribution < 1.29 is 9.53 Å². The van der Waals surface area contributed by atoms with Crippen LogP contribution in [0.4, 0.5) is 5.69 Å². The maximum absolute atomic E-state index is 13.1. The van der Waals surface area contributed by atoms with E-state index >= 15 is 0 Å². The van der Waals surface area contributed by atoms with Crippen molar-refractivity contribution in [2.45, 2.75) is 33.1 Å². The van der Waals surface area contributed by atoms with Crippen molar-refractivity contribution in [3.63, 3.8) is 0 Å². The number of rotatable bonds is 9. The highest BCUT2D eigenvalue weighted by molar-refractivity contribution is 8.18. The summed E-state index contributed by atoms with van der Waals surface area (Å²) in [7, 11) is 0. The molecule has 0 unspecified atom stereocenters. The van der Waals surface area contributed by atoms with Crippen LogP contribution < -0.4 is 4.74 Å². The normalized spacial score (nSPS) is 16.7. The van der Waals surface area contributed by atoms with Gasteiger partial charge >= 0.3 is 0 Å². The van der Waals surface area contributed by atoms with Gasteiger partial charge in [-0.2, -0.15) is 11.8 Å². The predicted octanol–water partition coefficient (Wildman–Crippen LogP) is 6.57. The lowest BCUT2D eigenvalue weighted by molar-refractivity contribution is -0.122. The zero-order valence-electron chi connectivity index (χ0n) is 18.6. The van der Waals surface area contributed by atoms with Gasteiger partial charge in [-0.05, 0) is 84.5 Å². The molecule has 0 aliphatic carbocycles. The minimum atomic E-state index is 0.0255. The molecule has 1 amide bonds. The molecule has 0 saturated carbocycles. The van der Waals surface area contributed by atoms with Gasteiger partial charge in [-0.1, -0.05) is 38.1 Å². The third-order valence-corrected chi connectivity index (χ3v) is 6.60. The Labute approximate surface area is 194 Å². The molecule has 164 valence electrons. The summed E-state index contributed by atoms with van der Waals surface area (Å²) < 4.78 is 5.51. The lowest BCUT2D eigenvalue weighted by Crippen LogP contribution is -2.30. The van der Waals surface area contributed by atoms with Crippen LogP contribution in [0.5, 0.6) is 5.75 Å². The van der Waals surface area contributed by atoms with Gasteiger partial charge in [0.1, 0.15) is 5.75 Å². The first-order valence-corrected chi connectivity index (χ1v) is 12.8. The van der Waals surface area contributed by atoms with Crippen LogP contribution in [0.2, 0.25) is 0 Å². The average molecular weight is 455 g/mol. The van der Waals surface area contributed by atoms with E-state index in [1.165, 1.54) is 17.3 Å². The summed E-state index contributed by atoms with van der Waals surface area (Å²) in [4.78, 5) is 20.5. The average Bonchev–Trinajstić information content (AvgIpc) is 3.04. The Bertz CT molecular complexity index is 935. The molecule has 0 atom stereocenters. The number of aliphatic imine (C=N–C) groups is 1. The quantitative estimate of drug-likeness (QED) is 0.318. The van der Waals surface area contributed by atoms with Crippen LogP contribution in [-0.4, -0.2) is 41.1 Å². The van der Waals surface area contributed by atoms with Crippen LogP contribution in [0.15, 0.2) is 58.4 Å². The van der Waals surface area contributed by atoms with E-state index in [4.69, 9.17) is 9.73 Å². The first-order valence-electron chi connectivity index (χ1n) is 10.6. The van der Waals surface area contributed by atoms with Crippen molar-refractivity contribution in [1.29, 1.82) is 0 Å². The van der Waals surface area contributed by atoms with Crippen molar-refractivity contribution in [2.24, 2.45) is 4.99 Å². The van der Waals surface area contributed by atoms with E-state index in [0.717, 1.165) is 34.3 Å². The summed E-state index contributed by atoms with van der Waals surface area (Å²) in [5.74, 6) is 2.36. The molecule has 31 heavy (non-hydrogen) atoms. The van der Waals surface area contributed by atoms with Crippen molar-refractivity contribution in [2.75, 3.05) is 25.2 Å². The second-order valence-electron chi connectivity index (χ2n) is 7.56. The first kappa shape index (κ1) is 23.5. The SMILES string of the molecule is CCOc1ccc(/C=C2\SC(=Nc3ccc(C(C)C)cc3)N(CCCSC)C2=O)cc1. The topological polar surface area (TPSA) is 41.9 Å². The fourth-order valence-electron chi connectivity index (χ4n) is 3.18. The highest BCUT2D eigenvalue weighted by Gasteiger charge is 2.33. The molecule has 1 aliphatic rings. The second-order valence-corrected chi connectivity index (χ2v) is 9.55. The highest BCUT2D eigenvalue weighted by Crippen LogP contribution is 2.34. The number of benzene rings is 2. The van der Waals surface area contributed by atoms with Crippen LogP contribution in [0.25, 0.3) is 6.08 Å². The van der Waals surface area contributed by atoms with Gasteiger partial charge in [0.2, 0.25) is 0 Å². The standard InChI is InChI=1S/C25H30N2O2S2/c1-5-29-22-13-7-19(8-14-22)17-23-24(28)27(15-6-16-30-4)25(31-23)26-21-11-9-20(10-12-21)18(2)3/h7-14,17-18H,5-6,15-16H2,1-4H3/b23-17-,26-25?. The summed E-state index contributed by atoms with van der Waals surface area (Å²) in [5.41, 5.74) is 3.13. The second kappa shape index (κ2) is 11.4.